The van der Waals surface area contributed by atoms with Gasteiger partial charge in [-0.3, -0.25) is 4.79 Å². The lowest BCUT2D eigenvalue weighted by molar-refractivity contribution is -0.121. The minimum Gasteiger partial charge on any atom is -0.493 e. The number of benzene rings is 2. The lowest BCUT2D eigenvalue weighted by Gasteiger charge is -2.14. The van der Waals surface area contributed by atoms with Crippen LogP contribution in [0, 0.1) is 6.92 Å². The predicted octanol–water partition coefficient (Wildman–Crippen LogP) is 3.27. The summed E-state index contributed by atoms with van der Waals surface area (Å²) in [6.07, 6.45) is 0.987. The number of hydrogen-bond acceptors (Lipinski definition) is 4. The molecule has 2 rings (SSSR count). The highest BCUT2D eigenvalue weighted by Gasteiger charge is 2.13. The van der Waals surface area contributed by atoms with E-state index in [0.717, 1.165) is 11.1 Å². The van der Waals surface area contributed by atoms with Gasteiger partial charge >= 0.3 is 0 Å². The minimum atomic E-state index is 0.00950. The Labute approximate surface area is 148 Å². The molecular formula is C20H25NO4. The monoisotopic (exact) mass is 343 g/mol. The summed E-state index contributed by atoms with van der Waals surface area (Å²) in [5.74, 6) is 1.75. The van der Waals surface area contributed by atoms with Crippen molar-refractivity contribution in [2.45, 2.75) is 26.3 Å². The molecule has 25 heavy (non-hydrogen) atoms. The van der Waals surface area contributed by atoms with Gasteiger partial charge in [0.1, 0.15) is 0 Å². The van der Waals surface area contributed by atoms with Crippen LogP contribution in [0.25, 0.3) is 0 Å². The topological polar surface area (TPSA) is 56.8 Å². The molecule has 0 radical (unpaired) electrons. The number of nitrogens with one attached hydrogen (secondary N) is 1. The lowest BCUT2D eigenvalue weighted by Crippen LogP contribution is -2.23. The molecular weight excluding hydrogens is 318 g/mol. The molecule has 0 spiro atoms. The molecule has 0 aromatic heterocycles. The molecule has 1 N–H and O–H groups in total. The fourth-order valence-corrected chi connectivity index (χ4v) is 2.65. The van der Waals surface area contributed by atoms with Crippen molar-refractivity contribution in [1.29, 1.82) is 0 Å². The van der Waals surface area contributed by atoms with Gasteiger partial charge in [0.05, 0.1) is 21.3 Å². The number of hydrogen-bond donors (Lipinski definition) is 1. The first-order valence-corrected chi connectivity index (χ1v) is 8.18. The average molecular weight is 343 g/mol. The zero-order valence-electron chi connectivity index (χ0n) is 15.2. The Morgan fingerprint density at radius 1 is 0.960 bits per heavy atom. The summed E-state index contributed by atoms with van der Waals surface area (Å²) in [7, 11) is 4.73. The molecule has 0 bridgehead atoms. The van der Waals surface area contributed by atoms with E-state index in [4.69, 9.17) is 14.2 Å². The molecule has 0 saturated heterocycles. The summed E-state index contributed by atoms with van der Waals surface area (Å²) in [6.45, 7) is 2.57. The Morgan fingerprint density at radius 3 is 2.20 bits per heavy atom. The van der Waals surface area contributed by atoms with Gasteiger partial charge in [0.15, 0.2) is 11.5 Å². The first kappa shape index (κ1) is 18.6. The molecule has 5 heteroatoms. The number of ether oxygens (including phenoxy) is 3. The summed E-state index contributed by atoms with van der Waals surface area (Å²) in [5, 5.41) is 2.95. The summed E-state index contributed by atoms with van der Waals surface area (Å²) >= 11 is 0. The van der Waals surface area contributed by atoms with Crippen LogP contribution in [0.3, 0.4) is 0 Å². The normalized spacial score (nSPS) is 10.2. The Balaban J connectivity index is 1.95. The van der Waals surface area contributed by atoms with Gasteiger partial charge in [-0.25, -0.2) is 0 Å². The first-order chi connectivity index (χ1) is 12.1. The Bertz CT molecular complexity index is 702. The number of rotatable bonds is 8. The fraction of sp³-hybridized carbons (Fsp3) is 0.350. The lowest BCUT2D eigenvalue weighted by atomic mass is 10.1. The number of aryl methyl sites for hydroxylation is 2. The van der Waals surface area contributed by atoms with Crippen molar-refractivity contribution in [2.24, 2.45) is 0 Å². The van der Waals surface area contributed by atoms with E-state index in [0.29, 0.717) is 36.6 Å². The SMILES string of the molecule is COc1cc(CCC(=O)NCc2cccc(C)c2)cc(OC)c1OC. The predicted molar refractivity (Wildman–Crippen MR) is 97.4 cm³/mol. The maximum Gasteiger partial charge on any atom is 0.220 e. The molecule has 0 fully saturated rings. The third-order valence-corrected chi connectivity index (χ3v) is 3.94. The molecule has 0 saturated carbocycles. The Kier molecular flexibility index (Phi) is 6.69. The molecule has 0 atom stereocenters. The second-order valence-corrected chi connectivity index (χ2v) is 5.80. The summed E-state index contributed by atoms with van der Waals surface area (Å²) < 4.78 is 16.0. The van der Waals surface area contributed by atoms with Gasteiger partial charge in [0.2, 0.25) is 11.7 Å². The van der Waals surface area contributed by atoms with Crippen LogP contribution in [-0.4, -0.2) is 27.2 Å². The van der Waals surface area contributed by atoms with E-state index >= 15 is 0 Å². The molecule has 2 aromatic rings. The highest BCUT2D eigenvalue weighted by atomic mass is 16.5. The van der Waals surface area contributed by atoms with E-state index < -0.39 is 0 Å². The van der Waals surface area contributed by atoms with Crippen molar-refractivity contribution in [3.8, 4) is 17.2 Å². The van der Waals surface area contributed by atoms with Gasteiger partial charge < -0.3 is 19.5 Å². The standard InChI is InChI=1S/C20H25NO4/c1-14-6-5-7-16(10-14)13-21-19(22)9-8-15-11-17(23-2)20(25-4)18(12-15)24-3/h5-7,10-12H,8-9,13H2,1-4H3,(H,21,22). The Morgan fingerprint density at radius 2 is 1.64 bits per heavy atom. The van der Waals surface area contributed by atoms with Crippen molar-refractivity contribution in [3.63, 3.8) is 0 Å². The van der Waals surface area contributed by atoms with E-state index in [-0.39, 0.29) is 5.91 Å². The van der Waals surface area contributed by atoms with Crippen LogP contribution in [0.5, 0.6) is 17.2 Å². The molecule has 1 amide bonds. The van der Waals surface area contributed by atoms with E-state index in [1.165, 1.54) is 5.56 Å². The van der Waals surface area contributed by atoms with Gasteiger partial charge in [-0.15, -0.1) is 0 Å². The molecule has 5 nitrogen and oxygen atoms in total. The van der Waals surface area contributed by atoms with Gasteiger partial charge in [-0.2, -0.15) is 0 Å². The van der Waals surface area contributed by atoms with Gasteiger partial charge in [-0.1, -0.05) is 29.8 Å². The van der Waals surface area contributed by atoms with Crippen LogP contribution in [0.1, 0.15) is 23.1 Å². The fourth-order valence-electron chi connectivity index (χ4n) is 2.65. The molecule has 0 unspecified atom stereocenters. The zero-order chi connectivity index (χ0) is 18.2. The number of amides is 1. The highest BCUT2D eigenvalue weighted by molar-refractivity contribution is 5.76. The number of methoxy groups -OCH3 is 3. The second-order valence-electron chi connectivity index (χ2n) is 5.80. The molecule has 0 aliphatic carbocycles. The zero-order valence-corrected chi connectivity index (χ0v) is 15.2. The summed E-state index contributed by atoms with van der Waals surface area (Å²) in [5.41, 5.74) is 3.24. The molecule has 0 heterocycles. The van der Waals surface area contributed by atoms with Crippen molar-refractivity contribution in [2.75, 3.05) is 21.3 Å². The van der Waals surface area contributed by atoms with Crippen LogP contribution >= 0.6 is 0 Å². The van der Waals surface area contributed by atoms with Crippen LogP contribution < -0.4 is 19.5 Å². The van der Waals surface area contributed by atoms with Gasteiger partial charge in [0, 0.05) is 13.0 Å². The largest absolute Gasteiger partial charge is 0.493 e. The van der Waals surface area contributed by atoms with Crippen molar-refractivity contribution >= 4 is 5.91 Å². The minimum absolute atomic E-state index is 0.00950. The summed E-state index contributed by atoms with van der Waals surface area (Å²) in [4.78, 5) is 12.1. The van der Waals surface area contributed by atoms with Crippen LogP contribution in [0.4, 0.5) is 0 Å². The third kappa shape index (κ3) is 5.14. The van der Waals surface area contributed by atoms with E-state index in [2.05, 4.69) is 11.4 Å². The Hall–Kier alpha value is -2.69. The quantitative estimate of drug-likeness (QED) is 0.799. The number of carbonyl (C=O) groups excluding carboxylic acids is 1. The maximum absolute atomic E-state index is 12.1. The second kappa shape index (κ2) is 8.97. The maximum atomic E-state index is 12.1. The van der Waals surface area contributed by atoms with E-state index in [1.807, 2.05) is 37.3 Å². The highest BCUT2D eigenvalue weighted by Crippen LogP contribution is 2.38. The van der Waals surface area contributed by atoms with Crippen LogP contribution in [0.15, 0.2) is 36.4 Å². The summed E-state index contributed by atoms with van der Waals surface area (Å²) in [6, 6.07) is 11.8. The van der Waals surface area contributed by atoms with E-state index in [9.17, 15) is 4.79 Å². The van der Waals surface area contributed by atoms with Gasteiger partial charge in [0.25, 0.3) is 0 Å². The van der Waals surface area contributed by atoms with Gasteiger partial charge in [-0.05, 0) is 36.6 Å². The van der Waals surface area contributed by atoms with Crippen molar-refractivity contribution in [1.82, 2.24) is 5.32 Å². The smallest absolute Gasteiger partial charge is 0.220 e. The van der Waals surface area contributed by atoms with Crippen LogP contribution in [-0.2, 0) is 17.8 Å². The average Bonchev–Trinajstić information content (AvgIpc) is 2.63. The molecule has 134 valence electrons. The van der Waals surface area contributed by atoms with Crippen LogP contribution in [0.2, 0.25) is 0 Å². The van der Waals surface area contributed by atoms with Crippen molar-refractivity contribution < 1.29 is 19.0 Å². The number of carbonyl (C=O) groups is 1. The third-order valence-electron chi connectivity index (χ3n) is 3.94. The molecule has 2 aromatic carbocycles. The van der Waals surface area contributed by atoms with Crippen molar-refractivity contribution in [3.05, 3.63) is 53.1 Å². The first-order valence-electron chi connectivity index (χ1n) is 8.18. The van der Waals surface area contributed by atoms with E-state index in [1.54, 1.807) is 21.3 Å². The molecule has 0 aliphatic rings. The molecule has 0 aliphatic heterocycles.